The monoisotopic (exact) mass is 341 g/mol. The second-order valence-corrected chi connectivity index (χ2v) is 7.16. The number of carboxylic acids is 1. The number of thiophene rings is 1. The van der Waals surface area contributed by atoms with E-state index >= 15 is 0 Å². The van der Waals surface area contributed by atoms with Gasteiger partial charge in [-0.2, -0.15) is 0 Å². The van der Waals surface area contributed by atoms with Crippen LogP contribution in [-0.2, 0) is 20.9 Å². The molecule has 1 amide bonds. The van der Waals surface area contributed by atoms with E-state index in [1.165, 1.54) is 11.3 Å². The molecule has 2 rings (SSSR count). The second kappa shape index (κ2) is 6.59. The molecule has 2 unspecified atom stereocenters. The number of carboxylic acid groups (broad SMARTS) is 1. The first-order chi connectivity index (χ1) is 10.8. The summed E-state index contributed by atoms with van der Waals surface area (Å²) >= 11 is 1.28. The van der Waals surface area contributed by atoms with Gasteiger partial charge in [0.2, 0.25) is 0 Å². The van der Waals surface area contributed by atoms with Crippen LogP contribution in [0.4, 0.5) is 0 Å². The van der Waals surface area contributed by atoms with E-state index in [0.717, 1.165) is 5.56 Å². The number of aliphatic carboxylic acids is 1. The fourth-order valence-corrected chi connectivity index (χ4v) is 3.90. The third-order valence-electron chi connectivity index (χ3n) is 4.71. The highest BCUT2D eigenvalue weighted by molar-refractivity contribution is 7.12. The maximum atomic E-state index is 12.6. The Morgan fingerprint density at radius 2 is 2.17 bits per heavy atom. The summed E-state index contributed by atoms with van der Waals surface area (Å²) in [7, 11) is 1.56. The Kier molecular flexibility index (Phi) is 5.13. The van der Waals surface area contributed by atoms with Crippen molar-refractivity contribution in [1.82, 2.24) is 5.32 Å². The number of methoxy groups -OCH3 is 1. The first-order valence-corrected chi connectivity index (χ1v) is 8.41. The summed E-state index contributed by atoms with van der Waals surface area (Å²) < 4.78 is 10.7. The summed E-state index contributed by atoms with van der Waals surface area (Å²) in [5.41, 5.74) is -1.25. The van der Waals surface area contributed by atoms with Gasteiger partial charge in [0, 0.05) is 31.1 Å². The maximum Gasteiger partial charge on any atom is 0.330 e. The lowest BCUT2D eigenvalue weighted by atomic mass is 9.54. The van der Waals surface area contributed by atoms with Gasteiger partial charge in [-0.15, -0.1) is 11.3 Å². The average Bonchev–Trinajstić information content (AvgIpc) is 2.94. The molecule has 0 saturated heterocycles. The number of carbonyl (C=O) groups excluding carboxylic acids is 1. The SMILES string of the molecule is CCOC1CC(NC(=O)c2sccc2COC)(C(=O)O)C1(C)C. The van der Waals surface area contributed by atoms with Crippen LogP contribution in [0.5, 0.6) is 0 Å². The van der Waals surface area contributed by atoms with Crippen molar-refractivity contribution in [3.8, 4) is 0 Å². The third-order valence-corrected chi connectivity index (χ3v) is 5.66. The van der Waals surface area contributed by atoms with Gasteiger partial charge in [0.05, 0.1) is 17.6 Å². The molecule has 0 spiro atoms. The molecule has 2 atom stereocenters. The predicted molar refractivity (Wildman–Crippen MR) is 86.7 cm³/mol. The number of carbonyl (C=O) groups is 2. The summed E-state index contributed by atoms with van der Waals surface area (Å²) in [6.07, 6.45) is 0.0746. The van der Waals surface area contributed by atoms with Crippen LogP contribution < -0.4 is 5.32 Å². The Labute approximate surface area is 139 Å². The number of hydrogen-bond donors (Lipinski definition) is 2. The molecule has 0 radical (unpaired) electrons. The van der Waals surface area contributed by atoms with Crippen LogP contribution in [0.2, 0.25) is 0 Å². The number of hydrogen-bond acceptors (Lipinski definition) is 5. The van der Waals surface area contributed by atoms with E-state index in [1.54, 1.807) is 12.5 Å². The van der Waals surface area contributed by atoms with Gasteiger partial charge in [0.25, 0.3) is 5.91 Å². The van der Waals surface area contributed by atoms with Crippen molar-refractivity contribution in [2.45, 2.75) is 45.4 Å². The molecule has 7 heteroatoms. The van der Waals surface area contributed by atoms with Crippen LogP contribution in [0.3, 0.4) is 0 Å². The lowest BCUT2D eigenvalue weighted by Crippen LogP contribution is -2.76. The van der Waals surface area contributed by atoms with Gasteiger partial charge in [0.1, 0.15) is 5.54 Å². The van der Waals surface area contributed by atoms with Gasteiger partial charge in [-0.1, -0.05) is 13.8 Å². The van der Waals surface area contributed by atoms with E-state index in [2.05, 4.69) is 5.32 Å². The highest BCUT2D eigenvalue weighted by Gasteiger charge is 2.66. The standard InChI is InChI=1S/C16H23NO5S/c1-5-22-11-8-16(14(19)20,15(11,2)3)17-13(18)12-10(9-21-4)6-7-23-12/h6-7,11H,5,8-9H2,1-4H3,(H,17,18)(H,19,20). The zero-order valence-electron chi connectivity index (χ0n) is 13.8. The third kappa shape index (κ3) is 2.88. The molecule has 128 valence electrons. The lowest BCUT2D eigenvalue weighted by molar-refractivity contribution is -0.190. The van der Waals surface area contributed by atoms with Crippen LogP contribution >= 0.6 is 11.3 Å². The summed E-state index contributed by atoms with van der Waals surface area (Å²) in [5.74, 6) is -1.41. The van der Waals surface area contributed by atoms with Crippen LogP contribution in [0.15, 0.2) is 11.4 Å². The van der Waals surface area contributed by atoms with Crippen LogP contribution in [0, 0.1) is 5.41 Å². The van der Waals surface area contributed by atoms with E-state index in [4.69, 9.17) is 9.47 Å². The summed E-state index contributed by atoms with van der Waals surface area (Å²) in [4.78, 5) is 25.0. The number of nitrogens with one attached hydrogen (secondary N) is 1. The molecule has 2 N–H and O–H groups in total. The Balaban J connectivity index is 2.23. The van der Waals surface area contributed by atoms with Gasteiger partial charge in [0.15, 0.2) is 0 Å². The van der Waals surface area contributed by atoms with E-state index in [1.807, 2.05) is 26.8 Å². The summed E-state index contributed by atoms with van der Waals surface area (Å²) in [6, 6.07) is 1.81. The van der Waals surface area contributed by atoms with Gasteiger partial charge in [-0.25, -0.2) is 4.79 Å². The molecular formula is C16H23NO5S. The van der Waals surface area contributed by atoms with E-state index in [-0.39, 0.29) is 18.4 Å². The minimum atomic E-state index is -1.32. The Bertz CT molecular complexity index is 597. The predicted octanol–water partition coefficient (Wildman–Crippen LogP) is 2.28. The lowest BCUT2D eigenvalue weighted by Gasteiger charge is -2.58. The zero-order chi connectivity index (χ0) is 17.3. The maximum absolute atomic E-state index is 12.6. The van der Waals surface area contributed by atoms with Gasteiger partial charge < -0.3 is 19.9 Å². The molecule has 1 aliphatic carbocycles. The Morgan fingerprint density at radius 1 is 1.48 bits per heavy atom. The number of rotatable bonds is 7. The van der Waals surface area contributed by atoms with Crippen LogP contribution in [0.1, 0.15) is 42.4 Å². The van der Waals surface area contributed by atoms with Crippen molar-refractivity contribution in [1.29, 1.82) is 0 Å². The van der Waals surface area contributed by atoms with Crippen molar-refractivity contribution in [3.05, 3.63) is 21.9 Å². The smallest absolute Gasteiger partial charge is 0.330 e. The molecule has 0 aromatic carbocycles. The van der Waals surface area contributed by atoms with Crippen molar-refractivity contribution in [3.63, 3.8) is 0 Å². The first kappa shape index (κ1) is 17.9. The van der Waals surface area contributed by atoms with Gasteiger partial charge >= 0.3 is 5.97 Å². The zero-order valence-corrected chi connectivity index (χ0v) is 14.7. The summed E-state index contributed by atoms with van der Waals surface area (Å²) in [5, 5.41) is 14.3. The minimum absolute atomic E-state index is 0.189. The summed E-state index contributed by atoms with van der Waals surface area (Å²) in [6.45, 7) is 6.33. The Hall–Kier alpha value is -1.44. The molecule has 1 aliphatic rings. The van der Waals surface area contributed by atoms with Crippen molar-refractivity contribution < 1.29 is 24.2 Å². The van der Waals surface area contributed by atoms with Crippen LogP contribution in [-0.4, -0.2) is 42.3 Å². The van der Waals surface area contributed by atoms with Gasteiger partial charge in [-0.05, 0) is 18.4 Å². The second-order valence-electron chi connectivity index (χ2n) is 6.24. The van der Waals surface area contributed by atoms with E-state index in [9.17, 15) is 14.7 Å². The Morgan fingerprint density at radius 3 is 2.70 bits per heavy atom. The molecule has 0 aliphatic heterocycles. The van der Waals surface area contributed by atoms with Crippen molar-refractivity contribution in [2.24, 2.45) is 5.41 Å². The fraction of sp³-hybridized carbons (Fsp3) is 0.625. The quantitative estimate of drug-likeness (QED) is 0.795. The largest absolute Gasteiger partial charge is 0.479 e. The molecule has 1 heterocycles. The fourth-order valence-electron chi connectivity index (χ4n) is 3.09. The normalized spacial score (nSPS) is 25.7. The number of amides is 1. The molecule has 1 saturated carbocycles. The molecule has 6 nitrogen and oxygen atoms in total. The minimum Gasteiger partial charge on any atom is -0.479 e. The first-order valence-electron chi connectivity index (χ1n) is 7.53. The molecule has 0 bridgehead atoms. The molecule has 1 aromatic heterocycles. The average molecular weight is 341 g/mol. The van der Waals surface area contributed by atoms with Crippen molar-refractivity contribution in [2.75, 3.05) is 13.7 Å². The van der Waals surface area contributed by atoms with Crippen LogP contribution in [0.25, 0.3) is 0 Å². The molecule has 23 heavy (non-hydrogen) atoms. The molecular weight excluding hydrogens is 318 g/mol. The van der Waals surface area contributed by atoms with E-state index in [0.29, 0.717) is 18.1 Å². The number of ether oxygens (including phenoxy) is 2. The molecule has 1 fully saturated rings. The molecule has 1 aromatic rings. The van der Waals surface area contributed by atoms with E-state index < -0.39 is 16.9 Å². The highest BCUT2D eigenvalue weighted by Crippen LogP contribution is 2.51. The topological polar surface area (TPSA) is 84.9 Å². The highest BCUT2D eigenvalue weighted by atomic mass is 32.1. The van der Waals surface area contributed by atoms with Gasteiger partial charge in [-0.3, -0.25) is 4.79 Å². The van der Waals surface area contributed by atoms with Crippen molar-refractivity contribution >= 4 is 23.2 Å².